The zero-order chi connectivity index (χ0) is 27.8. The molecule has 0 N–H and O–H groups in total. The first-order chi connectivity index (χ1) is 18.9. The first-order valence-corrected chi connectivity index (χ1v) is 11.4. The highest BCUT2D eigenvalue weighted by atomic mass is 19.1. The van der Waals surface area contributed by atoms with E-state index in [9.17, 15) is 18.4 Å². The number of benzene rings is 4. The van der Waals surface area contributed by atoms with Gasteiger partial charge in [-0.25, -0.2) is 18.4 Å². The van der Waals surface area contributed by atoms with Gasteiger partial charge in [0.05, 0.1) is 23.3 Å². The molecule has 0 heterocycles. The van der Waals surface area contributed by atoms with Gasteiger partial charge in [0, 0.05) is 23.3 Å². The van der Waals surface area contributed by atoms with E-state index >= 15 is 0 Å². The molecule has 0 spiro atoms. The third-order valence-electron chi connectivity index (χ3n) is 5.40. The number of rotatable bonds is 7. The van der Waals surface area contributed by atoms with E-state index in [0.717, 1.165) is 18.3 Å². The van der Waals surface area contributed by atoms with Crippen LogP contribution < -0.4 is 9.47 Å². The zero-order valence-corrected chi connectivity index (χ0v) is 20.1. The SMILES string of the molecule is N#Cc1ccc(-c2ccc(OC(=O)C=NCC(=O)Oc3ccc(-c4ccc(C#N)cc4)c(F)c3)cc2F)cc1. The van der Waals surface area contributed by atoms with E-state index in [-0.39, 0.29) is 22.6 Å². The highest BCUT2D eigenvalue weighted by Crippen LogP contribution is 2.28. The van der Waals surface area contributed by atoms with Gasteiger partial charge in [-0.1, -0.05) is 24.3 Å². The Hall–Kier alpha value is -5.67. The van der Waals surface area contributed by atoms with Crippen molar-refractivity contribution in [2.45, 2.75) is 0 Å². The van der Waals surface area contributed by atoms with Crippen LogP contribution in [-0.2, 0) is 9.59 Å². The van der Waals surface area contributed by atoms with Crippen molar-refractivity contribution in [3.8, 4) is 45.9 Å². The van der Waals surface area contributed by atoms with Gasteiger partial charge in [0.25, 0.3) is 0 Å². The van der Waals surface area contributed by atoms with Crippen LogP contribution in [-0.4, -0.2) is 24.7 Å². The van der Waals surface area contributed by atoms with Gasteiger partial charge in [-0.05, 0) is 59.7 Å². The van der Waals surface area contributed by atoms with Gasteiger partial charge in [0.15, 0.2) is 0 Å². The molecule has 0 saturated carbocycles. The van der Waals surface area contributed by atoms with Gasteiger partial charge in [-0.2, -0.15) is 10.5 Å². The summed E-state index contributed by atoms with van der Waals surface area (Å²) in [5.41, 5.74) is 2.51. The maximum Gasteiger partial charge on any atom is 0.354 e. The molecule has 0 saturated heterocycles. The molecule has 4 rings (SSSR count). The number of ether oxygens (including phenoxy) is 2. The molecule has 0 bridgehead atoms. The fraction of sp³-hybridized carbons (Fsp3) is 0.0333. The van der Waals surface area contributed by atoms with Gasteiger partial charge < -0.3 is 9.47 Å². The number of nitriles is 2. The molecule has 0 unspecified atom stereocenters. The van der Waals surface area contributed by atoms with Crippen LogP contribution in [0, 0.1) is 34.3 Å². The van der Waals surface area contributed by atoms with Crippen LogP contribution in [0.3, 0.4) is 0 Å². The van der Waals surface area contributed by atoms with Crippen molar-refractivity contribution in [1.29, 1.82) is 10.5 Å². The maximum absolute atomic E-state index is 14.5. The molecule has 0 amide bonds. The molecule has 0 aromatic heterocycles. The standard InChI is InChI=1S/C30H17F2N3O4/c31-27-13-23(9-11-25(27)21-5-1-19(15-33)2-6-21)38-29(36)17-35-18-30(37)39-24-10-12-26(28(32)14-24)22-7-3-20(16-34)4-8-22/h1-14,17H,18H2. The normalized spacial score (nSPS) is 10.5. The van der Waals surface area contributed by atoms with Crippen molar-refractivity contribution in [2.75, 3.05) is 6.54 Å². The molecule has 0 aliphatic rings. The van der Waals surface area contributed by atoms with Crippen LogP contribution in [0.2, 0.25) is 0 Å². The van der Waals surface area contributed by atoms with Crippen molar-refractivity contribution >= 4 is 18.2 Å². The van der Waals surface area contributed by atoms with Gasteiger partial charge >= 0.3 is 11.9 Å². The van der Waals surface area contributed by atoms with Crippen LogP contribution in [0.15, 0.2) is 89.9 Å². The molecule has 0 radical (unpaired) electrons. The van der Waals surface area contributed by atoms with E-state index in [2.05, 4.69) is 4.99 Å². The van der Waals surface area contributed by atoms with E-state index in [1.807, 2.05) is 12.1 Å². The van der Waals surface area contributed by atoms with Crippen LogP contribution in [0.1, 0.15) is 11.1 Å². The number of hydrogen-bond donors (Lipinski definition) is 0. The predicted molar refractivity (Wildman–Crippen MR) is 138 cm³/mol. The number of halogens is 2. The summed E-state index contributed by atoms with van der Waals surface area (Å²) in [5, 5.41) is 17.7. The Morgan fingerprint density at radius 2 is 1.18 bits per heavy atom. The fourth-order valence-electron chi connectivity index (χ4n) is 3.54. The van der Waals surface area contributed by atoms with Crippen LogP contribution in [0.5, 0.6) is 11.5 Å². The van der Waals surface area contributed by atoms with Gasteiger partial charge in [0.2, 0.25) is 0 Å². The maximum atomic E-state index is 14.5. The third kappa shape index (κ3) is 6.76. The number of aliphatic imine (C=N–C) groups is 1. The average Bonchev–Trinajstić information content (AvgIpc) is 2.93. The molecular weight excluding hydrogens is 504 g/mol. The summed E-state index contributed by atoms with van der Waals surface area (Å²) in [6, 6.07) is 24.4. The van der Waals surface area contributed by atoms with E-state index in [1.165, 1.54) is 24.3 Å². The summed E-state index contributed by atoms with van der Waals surface area (Å²) in [4.78, 5) is 27.7. The molecule has 0 fully saturated rings. The molecule has 0 aliphatic carbocycles. The van der Waals surface area contributed by atoms with Gasteiger partial charge in [0.1, 0.15) is 35.9 Å². The monoisotopic (exact) mass is 521 g/mol. The number of esters is 2. The lowest BCUT2D eigenvalue weighted by Gasteiger charge is -2.07. The van der Waals surface area contributed by atoms with Crippen molar-refractivity contribution < 1.29 is 27.8 Å². The molecule has 7 nitrogen and oxygen atoms in total. The van der Waals surface area contributed by atoms with Crippen molar-refractivity contribution in [3.05, 3.63) is 108 Å². The van der Waals surface area contributed by atoms with Crippen LogP contribution in [0.4, 0.5) is 8.78 Å². The lowest BCUT2D eigenvalue weighted by atomic mass is 10.0. The van der Waals surface area contributed by atoms with Gasteiger partial charge in [-0.15, -0.1) is 0 Å². The number of hydrogen-bond acceptors (Lipinski definition) is 7. The summed E-state index contributed by atoms with van der Waals surface area (Å²) >= 11 is 0. The van der Waals surface area contributed by atoms with Gasteiger partial charge in [-0.3, -0.25) is 4.99 Å². The van der Waals surface area contributed by atoms with E-state index in [0.29, 0.717) is 22.3 Å². The summed E-state index contributed by atoms with van der Waals surface area (Å²) in [5.74, 6) is -3.17. The van der Waals surface area contributed by atoms with Crippen molar-refractivity contribution in [1.82, 2.24) is 0 Å². The Balaban J connectivity index is 1.30. The number of carbonyl (C=O) groups is 2. The quantitative estimate of drug-likeness (QED) is 0.177. The molecule has 9 heteroatoms. The minimum Gasteiger partial charge on any atom is -0.425 e. The zero-order valence-electron chi connectivity index (χ0n) is 20.1. The minimum absolute atomic E-state index is 0.0505. The Morgan fingerprint density at radius 3 is 1.62 bits per heavy atom. The summed E-state index contributed by atoms with van der Waals surface area (Å²) < 4.78 is 39.1. The number of nitrogens with zero attached hydrogens (tertiary/aromatic N) is 3. The first-order valence-electron chi connectivity index (χ1n) is 11.4. The summed E-state index contributed by atoms with van der Waals surface area (Å²) in [6.07, 6.45) is 0.752. The Kier molecular flexibility index (Phi) is 8.15. The Morgan fingerprint density at radius 1 is 0.718 bits per heavy atom. The fourth-order valence-corrected chi connectivity index (χ4v) is 3.54. The topological polar surface area (TPSA) is 113 Å². The molecule has 0 atom stereocenters. The lowest BCUT2D eigenvalue weighted by Crippen LogP contribution is -2.14. The molecule has 4 aromatic rings. The molecule has 190 valence electrons. The van der Waals surface area contributed by atoms with Crippen molar-refractivity contribution in [3.63, 3.8) is 0 Å². The second-order valence-electron chi connectivity index (χ2n) is 8.03. The van der Waals surface area contributed by atoms with E-state index < -0.39 is 30.1 Å². The van der Waals surface area contributed by atoms with E-state index in [1.54, 1.807) is 48.5 Å². The van der Waals surface area contributed by atoms with E-state index in [4.69, 9.17) is 20.0 Å². The second-order valence-corrected chi connectivity index (χ2v) is 8.03. The molecule has 0 aliphatic heterocycles. The highest BCUT2D eigenvalue weighted by molar-refractivity contribution is 6.24. The Labute approximate surface area is 221 Å². The Bertz CT molecular complexity index is 1650. The predicted octanol–water partition coefficient (Wildman–Crippen LogP) is 5.62. The highest BCUT2D eigenvalue weighted by Gasteiger charge is 2.12. The van der Waals surface area contributed by atoms with Crippen LogP contribution in [0.25, 0.3) is 22.3 Å². The summed E-state index contributed by atoms with van der Waals surface area (Å²) in [7, 11) is 0. The molecule has 4 aromatic carbocycles. The lowest BCUT2D eigenvalue weighted by molar-refractivity contribution is -0.132. The average molecular weight is 521 g/mol. The smallest absolute Gasteiger partial charge is 0.354 e. The molecular formula is C30H17F2N3O4. The molecule has 39 heavy (non-hydrogen) atoms. The number of carbonyl (C=O) groups excluding carboxylic acids is 2. The summed E-state index contributed by atoms with van der Waals surface area (Å²) in [6.45, 7) is -0.542. The largest absolute Gasteiger partial charge is 0.425 e. The second kappa shape index (κ2) is 12.0. The minimum atomic E-state index is -0.939. The van der Waals surface area contributed by atoms with Crippen molar-refractivity contribution in [2.24, 2.45) is 4.99 Å². The van der Waals surface area contributed by atoms with Crippen LogP contribution >= 0.6 is 0 Å². The third-order valence-corrected chi connectivity index (χ3v) is 5.40. The first kappa shape index (κ1) is 26.4.